The van der Waals surface area contributed by atoms with Gasteiger partial charge in [-0.05, 0) is 43.7 Å². The molecule has 0 fully saturated rings. The van der Waals surface area contributed by atoms with E-state index in [1.807, 2.05) is 6.92 Å². The summed E-state index contributed by atoms with van der Waals surface area (Å²) in [5, 5.41) is 3.25. The zero-order valence-corrected chi connectivity index (χ0v) is 9.99. The standard InChI is InChI=1S/C13H20N2O/c1-3-9-15-12(4-2)13(16)10-5-7-11(14)8-6-10/h5-8,12,15H,3-4,9,14H2,1-2H3. The Morgan fingerprint density at radius 2 is 1.94 bits per heavy atom. The first-order valence-electron chi connectivity index (χ1n) is 5.82. The Labute approximate surface area is 97.0 Å². The summed E-state index contributed by atoms with van der Waals surface area (Å²) in [6.45, 7) is 4.98. The number of hydrogen-bond donors (Lipinski definition) is 2. The molecule has 3 N–H and O–H groups in total. The van der Waals surface area contributed by atoms with E-state index in [2.05, 4.69) is 12.2 Å². The number of benzene rings is 1. The molecule has 0 heterocycles. The van der Waals surface area contributed by atoms with E-state index in [0.29, 0.717) is 5.69 Å². The molecule has 0 saturated carbocycles. The van der Waals surface area contributed by atoms with Crippen LogP contribution in [0.5, 0.6) is 0 Å². The summed E-state index contributed by atoms with van der Waals surface area (Å²) in [4.78, 5) is 12.1. The second-order valence-corrected chi connectivity index (χ2v) is 3.90. The van der Waals surface area contributed by atoms with E-state index in [1.165, 1.54) is 0 Å². The average molecular weight is 220 g/mol. The van der Waals surface area contributed by atoms with Crippen LogP contribution in [0.2, 0.25) is 0 Å². The third kappa shape index (κ3) is 3.35. The fourth-order valence-corrected chi connectivity index (χ4v) is 1.59. The van der Waals surface area contributed by atoms with Crippen molar-refractivity contribution in [3.05, 3.63) is 29.8 Å². The number of nitrogens with one attached hydrogen (secondary N) is 1. The van der Waals surface area contributed by atoms with Crippen LogP contribution in [0.15, 0.2) is 24.3 Å². The van der Waals surface area contributed by atoms with E-state index in [4.69, 9.17) is 5.73 Å². The lowest BCUT2D eigenvalue weighted by Crippen LogP contribution is -2.36. The number of Topliss-reactive ketones (excluding diaryl/α,β-unsaturated/α-hetero) is 1. The van der Waals surface area contributed by atoms with Crippen molar-refractivity contribution in [3.63, 3.8) is 0 Å². The summed E-state index contributed by atoms with van der Waals surface area (Å²) < 4.78 is 0. The zero-order valence-electron chi connectivity index (χ0n) is 9.99. The minimum absolute atomic E-state index is 0.0800. The Hall–Kier alpha value is -1.35. The molecule has 16 heavy (non-hydrogen) atoms. The molecule has 0 aromatic heterocycles. The van der Waals surface area contributed by atoms with E-state index in [1.54, 1.807) is 24.3 Å². The number of anilines is 1. The van der Waals surface area contributed by atoms with Gasteiger partial charge < -0.3 is 11.1 Å². The lowest BCUT2D eigenvalue weighted by atomic mass is 10.0. The first-order chi connectivity index (χ1) is 7.69. The van der Waals surface area contributed by atoms with Crippen molar-refractivity contribution in [2.45, 2.75) is 32.7 Å². The van der Waals surface area contributed by atoms with E-state index >= 15 is 0 Å². The normalized spacial score (nSPS) is 12.4. The molecule has 0 spiro atoms. The smallest absolute Gasteiger partial charge is 0.179 e. The van der Waals surface area contributed by atoms with Gasteiger partial charge in [-0.1, -0.05) is 13.8 Å². The van der Waals surface area contributed by atoms with Crippen molar-refractivity contribution in [1.29, 1.82) is 0 Å². The fourth-order valence-electron chi connectivity index (χ4n) is 1.59. The molecule has 0 aliphatic heterocycles. The van der Waals surface area contributed by atoms with Crippen LogP contribution in [0.4, 0.5) is 5.69 Å². The molecule has 0 bridgehead atoms. The molecule has 0 amide bonds. The van der Waals surface area contributed by atoms with E-state index in [9.17, 15) is 4.79 Å². The molecule has 3 nitrogen and oxygen atoms in total. The van der Waals surface area contributed by atoms with Crippen LogP contribution in [0.1, 0.15) is 37.0 Å². The maximum Gasteiger partial charge on any atom is 0.179 e. The summed E-state index contributed by atoms with van der Waals surface area (Å²) in [6, 6.07) is 7.02. The van der Waals surface area contributed by atoms with Crippen molar-refractivity contribution < 1.29 is 4.79 Å². The number of carbonyl (C=O) groups is 1. The summed E-state index contributed by atoms with van der Waals surface area (Å²) >= 11 is 0. The van der Waals surface area contributed by atoms with Gasteiger partial charge in [0.15, 0.2) is 5.78 Å². The molecule has 1 aromatic carbocycles. The highest BCUT2D eigenvalue weighted by molar-refractivity contribution is 6.00. The van der Waals surface area contributed by atoms with Crippen LogP contribution < -0.4 is 11.1 Å². The van der Waals surface area contributed by atoms with Gasteiger partial charge in [0.1, 0.15) is 0 Å². The Bertz CT molecular complexity index is 332. The highest BCUT2D eigenvalue weighted by atomic mass is 16.1. The monoisotopic (exact) mass is 220 g/mol. The Kier molecular flexibility index (Phi) is 4.99. The van der Waals surface area contributed by atoms with E-state index in [0.717, 1.165) is 24.9 Å². The third-order valence-corrected chi connectivity index (χ3v) is 2.56. The zero-order chi connectivity index (χ0) is 12.0. The largest absolute Gasteiger partial charge is 0.399 e. The molecule has 0 aliphatic rings. The number of ketones is 1. The maximum absolute atomic E-state index is 12.1. The van der Waals surface area contributed by atoms with Gasteiger partial charge in [0.05, 0.1) is 6.04 Å². The fraction of sp³-hybridized carbons (Fsp3) is 0.462. The van der Waals surface area contributed by atoms with Crippen LogP contribution >= 0.6 is 0 Å². The highest BCUT2D eigenvalue weighted by Gasteiger charge is 2.16. The number of rotatable bonds is 6. The summed E-state index contributed by atoms with van der Waals surface area (Å²) in [7, 11) is 0. The van der Waals surface area contributed by atoms with Crippen LogP contribution in [-0.2, 0) is 0 Å². The molecule has 1 aromatic rings. The molecule has 3 heteroatoms. The number of nitrogens with two attached hydrogens (primary N) is 1. The quantitative estimate of drug-likeness (QED) is 0.571. The lowest BCUT2D eigenvalue weighted by Gasteiger charge is -2.15. The van der Waals surface area contributed by atoms with Gasteiger partial charge in [-0.25, -0.2) is 0 Å². The van der Waals surface area contributed by atoms with Gasteiger partial charge >= 0.3 is 0 Å². The summed E-state index contributed by atoms with van der Waals surface area (Å²) in [5.41, 5.74) is 7.00. The Morgan fingerprint density at radius 3 is 2.44 bits per heavy atom. The molecular weight excluding hydrogens is 200 g/mol. The first kappa shape index (κ1) is 12.7. The van der Waals surface area contributed by atoms with Gasteiger partial charge in [-0.15, -0.1) is 0 Å². The van der Waals surface area contributed by atoms with Crippen LogP contribution in [0.3, 0.4) is 0 Å². The predicted molar refractivity (Wildman–Crippen MR) is 67.6 cm³/mol. The van der Waals surface area contributed by atoms with Gasteiger partial charge in [0.25, 0.3) is 0 Å². The number of hydrogen-bond acceptors (Lipinski definition) is 3. The number of carbonyl (C=O) groups excluding carboxylic acids is 1. The van der Waals surface area contributed by atoms with Crippen molar-refractivity contribution in [2.24, 2.45) is 0 Å². The molecular formula is C13H20N2O. The SMILES string of the molecule is CCCNC(CC)C(=O)c1ccc(N)cc1. The highest BCUT2D eigenvalue weighted by Crippen LogP contribution is 2.09. The van der Waals surface area contributed by atoms with Gasteiger partial charge in [0.2, 0.25) is 0 Å². The summed E-state index contributed by atoms with van der Waals surface area (Å²) in [5.74, 6) is 0.149. The van der Waals surface area contributed by atoms with E-state index < -0.39 is 0 Å². The molecule has 88 valence electrons. The Balaban J connectivity index is 2.70. The number of nitrogen functional groups attached to an aromatic ring is 1. The minimum Gasteiger partial charge on any atom is -0.399 e. The second-order valence-electron chi connectivity index (χ2n) is 3.90. The summed E-state index contributed by atoms with van der Waals surface area (Å²) in [6.07, 6.45) is 1.84. The van der Waals surface area contributed by atoms with Gasteiger partial charge in [-0.2, -0.15) is 0 Å². The topological polar surface area (TPSA) is 55.1 Å². The van der Waals surface area contributed by atoms with E-state index in [-0.39, 0.29) is 11.8 Å². The van der Waals surface area contributed by atoms with Crippen molar-refractivity contribution in [2.75, 3.05) is 12.3 Å². The first-order valence-corrected chi connectivity index (χ1v) is 5.82. The molecule has 0 saturated heterocycles. The second kappa shape index (κ2) is 6.28. The average Bonchev–Trinajstić information content (AvgIpc) is 2.30. The molecule has 1 unspecified atom stereocenters. The third-order valence-electron chi connectivity index (χ3n) is 2.56. The minimum atomic E-state index is -0.0800. The molecule has 0 radical (unpaired) electrons. The molecule has 1 atom stereocenters. The Morgan fingerprint density at radius 1 is 1.31 bits per heavy atom. The van der Waals surface area contributed by atoms with Crippen molar-refractivity contribution >= 4 is 11.5 Å². The van der Waals surface area contributed by atoms with Crippen LogP contribution in [0, 0.1) is 0 Å². The van der Waals surface area contributed by atoms with Gasteiger partial charge in [0, 0.05) is 11.3 Å². The van der Waals surface area contributed by atoms with Crippen molar-refractivity contribution in [1.82, 2.24) is 5.32 Å². The predicted octanol–water partition coefficient (Wildman–Crippen LogP) is 2.23. The van der Waals surface area contributed by atoms with Crippen molar-refractivity contribution in [3.8, 4) is 0 Å². The molecule has 1 rings (SSSR count). The van der Waals surface area contributed by atoms with Crippen LogP contribution in [0.25, 0.3) is 0 Å². The van der Waals surface area contributed by atoms with Gasteiger partial charge in [-0.3, -0.25) is 4.79 Å². The maximum atomic E-state index is 12.1. The molecule has 0 aliphatic carbocycles. The lowest BCUT2D eigenvalue weighted by molar-refractivity contribution is 0.0941. The van der Waals surface area contributed by atoms with Crippen LogP contribution in [-0.4, -0.2) is 18.4 Å².